The molecule has 0 saturated heterocycles. The van der Waals surface area contributed by atoms with Crippen LogP contribution in [0.4, 0.5) is 5.69 Å². The van der Waals surface area contributed by atoms with E-state index in [0.717, 1.165) is 28.7 Å². The SMILES string of the molecule is Cc1cc(C)c(NC(=O)C(C)Oc2cccc(C=O)c2)c(C)c1. The Morgan fingerprint density at radius 3 is 2.39 bits per heavy atom. The van der Waals surface area contributed by atoms with Crippen LogP contribution in [0.2, 0.25) is 0 Å². The fraction of sp³-hybridized carbons (Fsp3) is 0.263. The molecular weight excluding hydrogens is 290 g/mol. The average molecular weight is 311 g/mol. The van der Waals surface area contributed by atoms with Gasteiger partial charge in [0.15, 0.2) is 6.10 Å². The maximum atomic E-state index is 12.4. The van der Waals surface area contributed by atoms with Crippen molar-refractivity contribution >= 4 is 17.9 Å². The molecule has 4 nitrogen and oxygen atoms in total. The second-order valence-corrected chi connectivity index (χ2v) is 5.71. The lowest BCUT2D eigenvalue weighted by Gasteiger charge is -2.17. The number of aryl methyl sites for hydroxylation is 3. The number of aldehydes is 1. The highest BCUT2D eigenvalue weighted by Crippen LogP contribution is 2.22. The van der Waals surface area contributed by atoms with E-state index in [-0.39, 0.29) is 5.91 Å². The number of carbonyl (C=O) groups is 2. The first-order chi connectivity index (χ1) is 10.9. The Balaban J connectivity index is 2.10. The molecule has 0 heterocycles. The molecule has 0 aromatic heterocycles. The third-order valence-corrected chi connectivity index (χ3v) is 3.60. The molecule has 0 aliphatic heterocycles. The molecule has 0 aliphatic carbocycles. The lowest BCUT2D eigenvalue weighted by molar-refractivity contribution is -0.122. The second kappa shape index (κ2) is 7.09. The number of carbonyl (C=O) groups excluding carboxylic acids is 2. The number of rotatable bonds is 5. The zero-order chi connectivity index (χ0) is 17.0. The summed E-state index contributed by atoms with van der Waals surface area (Å²) in [6, 6.07) is 10.8. The largest absolute Gasteiger partial charge is 0.481 e. The van der Waals surface area contributed by atoms with E-state index in [1.165, 1.54) is 0 Å². The lowest BCUT2D eigenvalue weighted by atomic mass is 10.0. The van der Waals surface area contributed by atoms with Gasteiger partial charge >= 0.3 is 0 Å². The van der Waals surface area contributed by atoms with Crippen molar-refractivity contribution in [1.29, 1.82) is 0 Å². The van der Waals surface area contributed by atoms with Crippen LogP contribution in [0.5, 0.6) is 5.75 Å². The molecule has 4 heteroatoms. The van der Waals surface area contributed by atoms with Crippen molar-refractivity contribution in [3.63, 3.8) is 0 Å². The Morgan fingerprint density at radius 2 is 1.78 bits per heavy atom. The van der Waals surface area contributed by atoms with Gasteiger partial charge in [0, 0.05) is 11.3 Å². The van der Waals surface area contributed by atoms with E-state index in [9.17, 15) is 9.59 Å². The maximum absolute atomic E-state index is 12.4. The van der Waals surface area contributed by atoms with Crippen molar-refractivity contribution < 1.29 is 14.3 Å². The van der Waals surface area contributed by atoms with Crippen molar-refractivity contribution in [3.05, 3.63) is 58.7 Å². The molecule has 2 rings (SSSR count). The molecule has 0 bridgehead atoms. The smallest absolute Gasteiger partial charge is 0.265 e. The molecule has 2 aromatic carbocycles. The van der Waals surface area contributed by atoms with Crippen LogP contribution in [-0.2, 0) is 4.79 Å². The summed E-state index contributed by atoms with van der Waals surface area (Å²) in [5, 5.41) is 2.92. The van der Waals surface area contributed by atoms with Crippen LogP contribution in [0.1, 0.15) is 34.0 Å². The zero-order valence-corrected chi connectivity index (χ0v) is 13.8. The van der Waals surface area contributed by atoms with E-state index in [2.05, 4.69) is 5.32 Å². The van der Waals surface area contributed by atoms with Gasteiger partial charge in [-0.25, -0.2) is 0 Å². The summed E-state index contributed by atoms with van der Waals surface area (Å²) in [6.07, 6.45) is 0.0772. The molecule has 120 valence electrons. The van der Waals surface area contributed by atoms with Gasteiger partial charge in [-0.3, -0.25) is 9.59 Å². The van der Waals surface area contributed by atoms with Crippen LogP contribution in [0, 0.1) is 20.8 Å². The van der Waals surface area contributed by atoms with Gasteiger partial charge in [-0.2, -0.15) is 0 Å². The first-order valence-electron chi connectivity index (χ1n) is 7.51. The minimum Gasteiger partial charge on any atom is -0.481 e. The van der Waals surface area contributed by atoms with E-state index in [1.54, 1.807) is 31.2 Å². The molecule has 0 aliphatic rings. The Morgan fingerprint density at radius 1 is 1.13 bits per heavy atom. The van der Waals surface area contributed by atoms with Gasteiger partial charge in [-0.05, 0) is 51.0 Å². The van der Waals surface area contributed by atoms with Crippen molar-refractivity contribution in [2.75, 3.05) is 5.32 Å². The van der Waals surface area contributed by atoms with E-state index in [1.807, 2.05) is 32.9 Å². The van der Waals surface area contributed by atoms with Gasteiger partial charge in [0.2, 0.25) is 0 Å². The predicted molar refractivity (Wildman–Crippen MR) is 91.2 cm³/mol. The molecule has 0 spiro atoms. The molecule has 0 saturated carbocycles. The molecule has 1 unspecified atom stereocenters. The van der Waals surface area contributed by atoms with Gasteiger partial charge in [0.05, 0.1) is 0 Å². The number of hydrogen-bond donors (Lipinski definition) is 1. The summed E-state index contributed by atoms with van der Waals surface area (Å²) < 4.78 is 5.62. The van der Waals surface area contributed by atoms with Crippen LogP contribution in [0.3, 0.4) is 0 Å². The van der Waals surface area contributed by atoms with Crippen molar-refractivity contribution in [2.45, 2.75) is 33.8 Å². The van der Waals surface area contributed by atoms with Gasteiger partial charge in [0.25, 0.3) is 5.91 Å². The summed E-state index contributed by atoms with van der Waals surface area (Å²) >= 11 is 0. The third-order valence-electron chi connectivity index (χ3n) is 3.60. The highest BCUT2D eigenvalue weighted by Gasteiger charge is 2.17. The monoisotopic (exact) mass is 311 g/mol. The highest BCUT2D eigenvalue weighted by molar-refractivity contribution is 5.95. The second-order valence-electron chi connectivity index (χ2n) is 5.71. The van der Waals surface area contributed by atoms with E-state index < -0.39 is 6.10 Å². The molecular formula is C19H21NO3. The van der Waals surface area contributed by atoms with Crippen molar-refractivity contribution in [3.8, 4) is 5.75 Å². The Bertz CT molecular complexity index is 714. The first kappa shape index (κ1) is 16.7. The third kappa shape index (κ3) is 4.19. The molecule has 23 heavy (non-hydrogen) atoms. The summed E-state index contributed by atoms with van der Waals surface area (Å²) in [4.78, 5) is 23.1. The molecule has 1 atom stereocenters. The van der Waals surface area contributed by atoms with Crippen LogP contribution < -0.4 is 10.1 Å². The normalized spacial score (nSPS) is 11.7. The quantitative estimate of drug-likeness (QED) is 0.854. The summed E-state index contributed by atoms with van der Waals surface area (Å²) in [7, 11) is 0. The number of amides is 1. The molecule has 1 N–H and O–H groups in total. The maximum Gasteiger partial charge on any atom is 0.265 e. The van der Waals surface area contributed by atoms with Gasteiger partial charge < -0.3 is 10.1 Å². The number of nitrogens with one attached hydrogen (secondary N) is 1. The van der Waals surface area contributed by atoms with Crippen LogP contribution >= 0.6 is 0 Å². The molecule has 2 aromatic rings. The molecule has 1 amide bonds. The number of benzene rings is 2. The van der Waals surface area contributed by atoms with Crippen LogP contribution in [0.15, 0.2) is 36.4 Å². The van der Waals surface area contributed by atoms with Gasteiger partial charge in [-0.1, -0.05) is 29.8 Å². The predicted octanol–water partition coefficient (Wildman–Crippen LogP) is 3.83. The lowest BCUT2D eigenvalue weighted by Crippen LogP contribution is -2.30. The van der Waals surface area contributed by atoms with Crippen LogP contribution in [-0.4, -0.2) is 18.3 Å². The fourth-order valence-corrected chi connectivity index (χ4v) is 2.52. The average Bonchev–Trinajstić information content (AvgIpc) is 2.50. The van der Waals surface area contributed by atoms with E-state index >= 15 is 0 Å². The Hall–Kier alpha value is -2.62. The Kier molecular flexibility index (Phi) is 5.16. The van der Waals surface area contributed by atoms with Gasteiger partial charge in [-0.15, -0.1) is 0 Å². The summed E-state index contributed by atoms with van der Waals surface area (Å²) in [5.41, 5.74) is 4.53. The number of hydrogen-bond acceptors (Lipinski definition) is 3. The fourth-order valence-electron chi connectivity index (χ4n) is 2.52. The molecule has 0 fully saturated rings. The minimum absolute atomic E-state index is 0.225. The van der Waals surface area contributed by atoms with E-state index in [0.29, 0.717) is 11.3 Å². The van der Waals surface area contributed by atoms with Crippen molar-refractivity contribution in [2.24, 2.45) is 0 Å². The van der Waals surface area contributed by atoms with Crippen LogP contribution in [0.25, 0.3) is 0 Å². The number of anilines is 1. The highest BCUT2D eigenvalue weighted by atomic mass is 16.5. The number of ether oxygens (including phenoxy) is 1. The standard InChI is InChI=1S/C19H21NO3/c1-12-8-13(2)18(14(3)9-12)20-19(22)15(4)23-17-7-5-6-16(10-17)11-21/h5-11,15H,1-4H3,(H,20,22). The topological polar surface area (TPSA) is 55.4 Å². The summed E-state index contributed by atoms with van der Waals surface area (Å²) in [5.74, 6) is 0.270. The minimum atomic E-state index is -0.669. The van der Waals surface area contributed by atoms with Gasteiger partial charge in [0.1, 0.15) is 12.0 Å². The van der Waals surface area contributed by atoms with E-state index in [4.69, 9.17) is 4.74 Å². The van der Waals surface area contributed by atoms with Crippen molar-refractivity contribution in [1.82, 2.24) is 0 Å². The Labute approximate surface area is 136 Å². The summed E-state index contributed by atoms with van der Waals surface area (Å²) in [6.45, 7) is 7.64. The zero-order valence-electron chi connectivity index (χ0n) is 13.8. The first-order valence-corrected chi connectivity index (χ1v) is 7.51. The molecule has 0 radical (unpaired) electrons.